The number of rotatable bonds is 7. The lowest BCUT2D eigenvalue weighted by atomic mass is 9.99. The first kappa shape index (κ1) is 23.5. The van der Waals surface area contributed by atoms with Crippen molar-refractivity contribution in [2.75, 3.05) is 6.16 Å². The summed E-state index contributed by atoms with van der Waals surface area (Å²) in [6.45, 7) is 2.42. The van der Waals surface area contributed by atoms with E-state index in [-0.39, 0.29) is 7.92 Å². The fourth-order valence-corrected chi connectivity index (χ4v) is 13.3. The molecule has 0 spiro atoms. The number of benzene rings is 2. The SMILES string of the molecule is CC1=CC=C(P(c2ccccc2)c2ccccc2)C1CP(C1CCCCC1)C1CCCCC1. The molecule has 33 heavy (non-hydrogen) atoms. The average molecular weight is 475 g/mol. The second-order valence-electron chi connectivity index (χ2n) is 10.3. The van der Waals surface area contributed by atoms with E-state index < -0.39 is 7.92 Å². The van der Waals surface area contributed by atoms with E-state index in [0.29, 0.717) is 5.92 Å². The van der Waals surface area contributed by atoms with E-state index in [2.05, 4.69) is 79.7 Å². The third kappa shape index (κ3) is 5.55. The van der Waals surface area contributed by atoms with Crippen LogP contribution in [0.2, 0.25) is 0 Å². The van der Waals surface area contributed by atoms with E-state index in [9.17, 15) is 0 Å². The van der Waals surface area contributed by atoms with Gasteiger partial charge in [-0.05, 0) is 73.9 Å². The smallest absolute Gasteiger partial charge is 0.00986 e. The number of allylic oxidation sites excluding steroid dienone is 4. The summed E-state index contributed by atoms with van der Waals surface area (Å²) in [6.07, 6.45) is 21.4. The third-order valence-electron chi connectivity index (χ3n) is 8.19. The second kappa shape index (κ2) is 11.5. The summed E-state index contributed by atoms with van der Waals surface area (Å²) in [6, 6.07) is 22.7. The van der Waals surface area contributed by atoms with E-state index in [1.54, 1.807) is 10.9 Å². The van der Waals surface area contributed by atoms with Gasteiger partial charge in [0.2, 0.25) is 0 Å². The molecule has 2 fully saturated rings. The second-order valence-corrected chi connectivity index (χ2v) is 15.4. The molecule has 174 valence electrons. The highest BCUT2D eigenvalue weighted by Gasteiger charge is 2.36. The minimum Gasteiger partial charge on any atom is -0.0994 e. The minimum absolute atomic E-state index is 0.105. The molecule has 3 aliphatic carbocycles. The molecule has 0 nitrogen and oxygen atoms in total. The van der Waals surface area contributed by atoms with Crippen LogP contribution in [-0.2, 0) is 0 Å². The zero-order valence-corrected chi connectivity index (χ0v) is 22.1. The van der Waals surface area contributed by atoms with Crippen LogP contribution in [0.15, 0.2) is 83.7 Å². The van der Waals surface area contributed by atoms with Crippen molar-refractivity contribution in [2.45, 2.75) is 82.4 Å². The molecule has 2 aromatic carbocycles. The third-order valence-corrected chi connectivity index (χ3v) is 14.5. The van der Waals surface area contributed by atoms with E-state index in [1.807, 2.05) is 0 Å². The Morgan fingerprint density at radius 3 is 1.61 bits per heavy atom. The van der Waals surface area contributed by atoms with Crippen molar-refractivity contribution >= 4 is 26.5 Å². The first-order valence-corrected chi connectivity index (χ1v) is 16.4. The summed E-state index contributed by atoms with van der Waals surface area (Å²) in [5.41, 5.74) is 3.70. The van der Waals surface area contributed by atoms with E-state index in [1.165, 1.54) is 81.0 Å². The molecular formula is C31H40P2. The average Bonchev–Trinajstić information content (AvgIpc) is 3.24. The van der Waals surface area contributed by atoms with Gasteiger partial charge in [0.15, 0.2) is 0 Å². The maximum absolute atomic E-state index is 2.53. The van der Waals surface area contributed by atoms with Crippen molar-refractivity contribution in [1.29, 1.82) is 0 Å². The summed E-state index contributed by atoms with van der Waals surface area (Å²) in [5.74, 6) is 0.659. The predicted octanol–water partition coefficient (Wildman–Crippen LogP) is 8.73. The normalized spacial score (nSPS) is 22.6. The van der Waals surface area contributed by atoms with Crippen molar-refractivity contribution in [2.24, 2.45) is 5.92 Å². The minimum atomic E-state index is -0.464. The molecule has 3 aliphatic rings. The molecule has 1 unspecified atom stereocenters. The lowest BCUT2D eigenvalue weighted by Crippen LogP contribution is -2.25. The van der Waals surface area contributed by atoms with Gasteiger partial charge >= 0.3 is 0 Å². The van der Waals surface area contributed by atoms with Crippen LogP contribution in [0.5, 0.6) is 0 Å². The van der Waals surface area contributed by atoms with Gasteiger partial charge in [-0.1, -0.05) is 125 Å². The molecule has 0 radical (unpaired) electrons. The van der Waals surface area contributed by atoms with Crippen molar-refractivity contribution in [3.8, 4) is 0 Å². The van der Waals surface area contributed by atoms with Crippen LogP contribution in [0.4, 0.5) is 0 Å². The zero-order valence-electron chi connectivity index (χ0n) is 20.3. The van der Waals surface area contributed by atoms with Gasteiger partial charge in [-0.2, -0.15) is 0 Å². The number of hydrogen-bond donors (Lipinski definition) is 0. The number of hydrogen-bond acceptors (Lipinski definition) is 0. The summed E-state index contributed by atoms with van der Waals surface area (Å²) < 4.78 is 0. The van der Waals surface area contributed by atoms with E-state index in [0.717, 1.165) is 11.3 Å². The van der Waals surface area contributed by atoms with Crippen molar-refractivity contribution in [1.82, 2.24) is 0 Å². The van der Waals surface area contributed by atoms with Crippen LogP contribution in [0.1, 0.15) is 71.1 Å². The summed E-state index contributed by atoms with van der Waals surface area (Å²) in [4.78, 5) is 0. The van der Waals surface area contributed by atoms with Crippen molar-refractivity contribution < 1.29 is 0 Å². The van der Waals surface area contributed by atoms with E-state index in [4.69, 9.17) is 0 Å². The lowest BCUT2D eigenvalue weighted by Gasteiger charge is -2.41. The fraction of sp³-hybridized carbons (Fsp3) is 0.484. The Bertz CT molecular complexity index is 876. The summed E-state index contributed by atoms with van der Waals surface area (Å²) in [7, 11) is -0.359. The van der Waals surface area contributed by atoms with Crippen molar-refractivity contribution in [3.05, 3.63) is 83.7 Å². The topological polar surface area (TPSA) is 0 Å². The largest absolute Gasteiger partial charge is 0.0994 e. The van der Waals surface area contributed by atoms with Gasteiger partial charge in [0.25, 0.3) is 0 Å². The maximum Gasteiger partial charge on any atom is 0.00986 e. The first-order chi connectivity index (χ1) is 16.3. The van der Waals surface area contributed by atoms with Crippen LogP contribution in [0, 0.1) is 5.92 Å². The molecule has 0 saturated heterocycles. The molecular weight excluding hydrogens is 434 g/mol. The standard InChI is InChI=1S/C31H40P2/c1-25-22-23-31(33(28-18-10-4-11-19-28)29-20-12-5-13-21-29)30(25)24-32(26-14-6-2-7-15-26)27-16-8-3-9-17-27/h4-5,10-13,18-23,26-27,30H,2-3,6-9,14-17,24H2,1H3. The molecule has 2 heteroatoms. The molecule has 0 aromatic heterocycles. The van der Waals surface area contributed by atoms with Gasteiger partial charge in [-0.15, -0.1) is 0 Å². The van der Waals surface area contributed by atoms with Crippen LogP contribution >= 0.6 is 15.8 Å². The highest BCUT2D eigenvalue weighted by Crippen LogP contribution is 2.61. The Morgan fingerprint density at radius 1 is 0.636 bits per heavy atom. The van der Waals surface area contributed by atoms with Crippen molar-refractivity contribution in [3.63, 3.8) is 0 Å². The van der Waals surface area contributed by atoms with Gasteiger partial charge in [0, 0.05) is 5.92 Å². The molecule has 0 bridgehead atoms. The summed E-state index contributed by atoms with van der Waals surface area (Å²) in [5, 5.41) is 4.74. The predicted molar refractivity (Wildman–Crippen MR) is 150 cm³/mol. The Hall–Kier alpha value is -1.22. The summed E-state index contributed by atoms with van der Waals surface area (Å²) >= 11 is 0. The molecule has 2 saturated carbocycles. The maximum atomic E-state index is 2.53. The van der Waals surface area contributed by atoms with Crippen LogP contribution in [0.3, 0.4) is 0 Å². The Kier molecular flexibility index (Phi) is 8.18. The Labute approximate surface area is 204 Å². The van der Waals surface area contributed by atoms with Gasteiger partial charge in [0.1, 0.15) is 0 Å². The molecule has 5 rings (SSSR count). The molecule has 0 heterocycles. The van der Waals surface area contributed by atoms with Crippen LogP contribution < -0.4 is 10.6 Å². The fourth-order valence-electron chi connectivity index (χ4n) is 6.38. The first-order valence-electron chi connectivity index (χ1n) is 13.4. The molecule has 0 aliphatic heterocycles. The Balaban J connectivity index is 1.46. The molecule has 0 N–H and O–H groups in total. The van der Waals surface area contributed by atoms with Crippen LogP contribution in [-0.4, -0.2) is 17.5 Å². The van der Waals surface area contributed by atoms with Gasteiger partial charge in [0.05, 0.1) is 0 Å². The highest BCUT2D eigenvalue weighted by atomic mass is 31.1. The molecule has 2 aromatic rings. The van der Waals surface area contributed by atoms with E-state index >= 15 is 0 Å². The quantitative estimate of drug-likeness (QED) is 0.352. The molecule has 0 amide bonds. The molecule has 1 atom stereocenters. The van der Waals surface area contributed by atoms with Crippen LogP contribution in [0.25, 0.3) is 0 Å². The monoisotopic (exact) mass is 474 g/mol. The zero-order chi connectivity index (χ0) is 22.5. The van der Waals surface area contributed by atoms with Gasteiger partial charge in [-0.3, -0.25) is 0 Å². The lowest BCUT2D eigenvalue weighted by molar-refractivity contribution is 0.483. The van der Waals surface area contributed by atoms with Gasteiger partial charge in [-0.25, -0.2) is 0 Å². The Morgan fingerprint density at radius 2 is 1.12 bits per heavy atom. The van der Waals surface area contributed by atoms with Gasteiger partial charge < -0.3 is 0 Å². The highest BCUT2D eigenvalue weighted by molar-refractivity contribution is 7.76.